The summed E-state index contributed by atoms with van der Waals surface area (Å²) in [5, 5.41) is 9.52. The Kier molecular flexibility index (Phi) is 5.11. The highest BCUT2D eigenvalue weighted by atomic mass is 79.9. The summed E-state index contributed by atoms with van der Waals surface area (Å²) in [5.74, 6) is 0. The molecular weight excluding hydrogens is 678 g/mol. The van der Waals surface area contributed by atoms with Crippen LogP contribution >= 0.6 is 15.9 Å². The van der Waals surface area contributed by atoms with Gasteiger partial charge in [-0.1, -0.05) is 101 Å². The van der Waals surface area contributed by atoms with E-state index in [4.69, 9.17) is 8.83 Å². The Balaban J connectivity index is 1.01. The summed E-state index contributed by atoms with van der Waals surface area (Å²) >= 11 is 3.76. The summed E-state index contributed by atoms with van der Waals surface area (Å²) in [4.78, 5) is 3.69. The molecule has 232 valence electrons. The second kappa shape index (κ2) is 9.53. The van der Waals surface area contributed by atoms with Crippen molar-refractivity contribution in [3.05, 3.63) is 144 Å². The van der Waals surface area contributed by atoms with Crippen LogP contribution in [0.25, 0.3) is 121 Å². The number of furan rings is 2. The van der Waals surface area contributed by atoms with Crippen LogP contribution in [0.5, 0.6) is 0 Å². The zero-order valence-corrected chi connectivity index (χ0v) is 28.1. The lowest BCUT2D eigenvalue weighted by Gasteiger charge is -2.06. The fraction of sp³-hybridized carbons (Fsp3) is 0. The fourth-order valence-corrected chi connectivity index (χ4v) is 9.03. The highest BCUT2D eigenvalue weighted by Gasteiger charge is 2.24. The van der Waals surface area contributed by atoms with Gasteiger partial charge in [0.25, 0.3) is 0 Å². The molecule has 50 heavy (non-hydrogen) atoms. The first-order chi connectivity index (χ1) is 24.7. The summed E-state index contributed by atoms with van der Waals surface area (Å²) in [5.41, 5.74) is 15.5. The van der Waals surface area contributed by atoms with Crippen LogP contribution in [0.4, 0.5) is 0 Å². The van der Waals surface area contributed by atoms with Crippen molar-refractivity contribution in [3.63, 3.8) is 0 Å². The number of aromatic nitrogens is 1. The van der Waals surface area contributed by atoms with Crippen LogP contribution in [-0.4, -0.2) is 4.98 Å². The van der Waals surface area contributed by atoms with Crippen LogP contribution in [0, 0.1) is 0 Å². The molecule has 12 rings (SSSR count). The third kappa shape index (κ3) is 3.53. The van der Waals surface area contributed by atoms with Gasteiger partial charge in [0, 0.05) is 53.4 Å². The zero-order chi connectivity index (χ0) is 32.7. The maximum absolute atomic E-state index is 6.53. The van der Waals surface area contributed by atoms with E-state index in [1.807, 2.05) is 12.1 Å². The molecule has 3 heterocycles. The first kappa shape index (κ1) is 26.8. The summed E-state index contributed by atoms with van der Waals surface area (Å²) in [6.07, 6.45) is 0. The minimum Gasteiger partial charge on any atom is -0.456 e. The van der Waals surface area contributed by atoms with Gasteiger partial charge in [-0.2, -0.15) is 0 Å². The van der Waals surface area contributed by atoms with Gasteiger partial charge in [-0.05, 0) is 104 Å². The molecule has 0 radical (unpaired) electrons. The Bertz CT molecular complexity index is 3280. The first-order valence-electron chi connectivity index (χ1n) is 16.9. The smallest absolute Gasteiger partial charge is 0.143 e. The average molecular weight is 703 g/mol. The third-order valence-electron chi connectivity index (χ3n) is 10.8. The molecule has 0 spiro atoms. The molecule has 1 aliphatic rings. The fourth-order valence-electron chi connectivity index (χ4n) is 8.58. The van der Waals surface area contributed by atoms with Crippen molar-refractivity contribution in [1.82, 2.24) is 4.98 Å². The van der Waals surface area contributed by atoms with E-state index in [0.717, 1.165) is 65.1 Å². The van der Waals surface area contributed by atoms with Gasteiger partial charge in [0.2, 0.25) is 0 Å². The van der Waals surface area contributed by atoms with Gasteiger partial charge < -0.3 is 13.8 Å². The predicted octanol–water partition coefficient (Wildman–Crippen LogP) is 14.0. The predicted molar refractivity (Wildman–Crippen MR) is 211 cm³/mol. The van der Waals surface area contributed by atoms with Crippen LogP contribution in [0.15, 0.2) is 153 Å². The van der Waals surface area contributed by atoms with Crippen molar-refractivity contribution >= 4 is 92.4 Å². The van der Waals surface area contributed by atoms with E-state index in [1.165, 1.54) is 60.3 Å². The second-order valence-corrected chi connectivity index (χ2v) is 14.4. The summed E-state index contributed by atoms with van der Waals surface area (Å²) < 4.78 is 14.0. The van der Waals surface area contributed by atoms with Gasteiger partial charge in [-0.15, -0.1) is 0 Å². The van der Waals surface area contributed by atoms with E-state index in [9.17, 15) is 0 Å². The van der Waals surface area contributed by atoms with Crippen molar-refractivity contribution < 1.29 is 8.83 Å². The number of halogens is 1. The molecule has 3 aromatic heterocycles. The van der Waals surface area contributed by atoms with E-state index < -0.39 is 0 Å². The molecule has 0 saturated carbocycles. The number of aromatic amines is 1. The van der Waals surface area contributed by atoms with Gasteiger partial charge >= 0.3 is 0 Å². The van der Waals surface area contributed by atoms with E-state index in [2.05, 4.69) is 148 Å². The van der Waals surface area contributed by atoms with Gasteiger partial charge in [0.15, 0.2) is 0 Å². The number of para-hydroxylation sites is 1. The summed E-state index contributed by atoms with van der Waals surface area (Å²) in [6, 6.07) is 50.2. The Morgan fingerprint density at radius 2 is 1.12 bits per heavy atom. The number of hydrogen-bond donors (Lipinski definition) is 1. The molecule has 1 N–H and O–H groups in total. The molecule has 0 atom stereocenters. The summed E-state index contributed by atoms with van der Waals surface area (Å²) in [6.45, 7) is 0. The van der Waals surface area contributed by atoms with E-state index in [-0.39, 0.29) is 0 Å². The number of H-pyrrole nitrogens is 1. The van der Waals surface area contributed by atoms with Crippen LogP contribution in [0.1, 0.15) is 0 Å². The molecule has 4 heteroatoms. The highest BCUT2D eigenvalue weighted by Crippen LogP contribution is 2.51. The Hall–Kier alpha value is -6.10. The Morgan fingerprint density at radius 3 is 2.04 bits per heavy atom. The van der Waals surface area contributed by atoms with E-state index in [0.29, 0.717) is 0 Å². The lowest BCUT2D eigenvalue weighted by molar-refractivity contribution is 0.669. The second-order valence-electron chi connectivity index (χ2n) is 13.5. The van der Waals surface area contributed by atoms with Crippen LogP contribution < -0.4 is 0 Å². The maximum Gasteiger partial charge on any atom is 0.143 e. The van der Waals surface area contributed by atoms with E-state index >= 15 is 0 Å². The normalized spacial score (nSPS) is 12.5. The average Bonchev–Trinajstić information content (AvgIpc) is 3.90. The van der Waals surface area contributed by atoms with Crippen LogP contribution in [0.2, 0.25) is 0 Å². The number of nitrogens with one attached hydrogen (secondary N) is 1. The monoisotopic (exact) mass is 701 g/mol. The topological polar surface area (TPSA) is 42.1 Å². The molecule has 11 aromatic rings. The first-order valence-corrected chi connectivity index (χ1v) is 17.6. The van der Waals surface area contributed by atoms with Crippen molar-refractivity contribution in [3.8, 4) is 44.5 Å². The number of rotatable bonds is 2. The Morgan fingerprint density at radius 1 is 0.380 bits per heavy atom. The molecule has 8 aromatic carbocycles. The van der Waals surface area contributed by atoms with Crippen LogP contribution in [0.3, 0.4) is 0 Å². The van der Waals surface area contributed by atoms with Crippen molar-refractivity contribution in [2.75, 3.05) is 0 Å². The molecule has 0 aliphatic heterocycles. The SMILES string of the molecule is Brc1cc(-c2ccc3c(c2)[nH]c2ccc(-c4ccc5oc6cc7c8c(cccc8c6c5c4)-c4ccccc4-7)cc23)c2oc3ccccc3c2c1. The van der Waals surface area contributed by atoms with Gasteiger partial charge in [-0.25, -0.2) is 0 Å². The minimum atomic E-state index is 0.898. The molecule has 0 unspecified atom stereocenters. The van der Waals surface area contributed by atoms with Gasteiger partial charge in [0.1, 0.15) is 22.3 Å². The van der Waals surface area contributed by atoms with Crippen molar-refractivity contribution in [2.24, 2.45) is 0 Å². The largest absolute Gasteiger partial charge is 0.456 e. The quantitative estimate of drug-likeness (QED) is 0.195. The van der Waals surface area contributed by atoms with Crippen molar-refractivity contribution in [2.45, 2.75) is 0 Å². The molecule has 0 amide bonds. The zero-order valence-electron chi connectivity index (χ0n) is 26.5. The number of fused-ring (bicyclic) bond motifs is 13. The molecule has 0 fully saturated rings. The van der Waals surface area contributed by atoms with Gasteiger partial charge in [0.05, 0.1) is 0 Å². The van der Waals surface area contributed by atoms with E-state index in [1.54, 1.807) is 0 Å². The third-order valence-corrected chi connectivity index (χ3v) is 11.2. The van der Waals surface area contributed by atoms with Crippen LogP contribution in [-0.2, 0) is 0 Å². The summed E-state index contributed by atoms with van der Waals surface area (Å²) in [7, 11) is 0. The van der Waals surface area contributed by atoms with Gasteiger partial charge in [-0.3, -0.25) is 0 Å². The molecule has 3 nitrogen and oxygen atoms in total. The number of benzene rings is 8. The molecule has 1 aliphatic carbocycles. The minimum absolute atomic E-state index is 0.898. The lowest BCUT2D eigenvalue weighted by Crippen LogP contribution is -1.81. The lowest BCUT2D eigenvalue weighted by atomic mass is 9.96. The maximum atomic E-state index is 6.53. The standard InChI is InChI=1S/C46H24BrNO2/c47-27-21-34(46-37(22-27)31-8-3-4-11-41(31)50-46)26-12-15-30-35-18-24(13-16-39(35)48-40(30)20-26)25-14-17-42-38(19-25)45-33-10-5-9-32-28-6-1-2-7-29(28)36(44(32)33)23-43(45)49-42/h1-23,48H. The number of hydrogen-bond acceptors (Lipinski definition) is 2. The Labute approximate surface area is 293 Å². The molecule has 0 saturated heterocycles. The molecule has 0 bridgehead atoms. The molecular formula is C46H24BrNO2. The van der Waals surface area contributed by atoms with Crippen molar-refractivity contribution in [1.29, 1.82) is 0 Å². The highest BCUT2D eigenvalue weighted by molar-refractivity contribution is 9.10.